The second-order valence-corrected chi connectivity index (χ2v) is 6.50. The third-order valence-electron chi connectivity index (χ3n) is 4.49. The molecule has 8 nitrogen and oxygen atoms in total. The molecule has 1 aromatic rings. The summed E-state index contributed by atoms with van der Waals surface area (Å²) in [7, 11) is -3.62. The molecule has 2 aliphatic heterocycles. The lowest BCUT2D eigenvalue weighted by atomic mass is 9.73. The Hall–Kier alpha value is -1.29. The van der Waals surface area contributed by atoms with Crippen LogP contribution in [0.1, 0.15) is 38.5 Å². The van der Waals surface area contributed by atoms with Crippen molar-refractivity contribution in [2.24, 2.45) is 0 Å². The van der Waals surface area contributed by atoms with Crippen molar-refractivity contribution in [2.45, 2.75) is 51.1 Å². The predicted molar refractivity (Wildman–Crippen MR) is 94.5 cm³/mol. The summed E-state index contributed by atoms with van der Waals surface area (Å²) in [5.41, 5.74) is 0.128. The standard InChI is InChI=1S/C16H24B2O8/c19-17(20)11-10-14(26-16-6-2-4-8-24-16)12(18(21)22)9-13(11)25-15-5-1-3-7-23-15/h9-10,15-16,19-22H,1-8H2. The van der Waals surface area contributed by atoms with E-state index in [9.17, 15) is 20.1 Å². The molecule has 10 heteroatoms. The van der Waals surface area contributed by atoms with Crippen LogP contribution in [-0.4, -0.2) is 60.1 Å². The van der Waals surface area contributed by atoms with Gasteiger partial charge in [0.1, 0.15) is 11.5 Å². The fourth-order valence-corrected chi connectivity index (χ4v) is 3.09. The van der Waals surface area contributed by atoms with Gasteiger partial charge in [0.2, 0.25) is 0 Å². The first-order chi connectivity index (χ1) is 12.5. The highest BCUT2D eigenvalue weighted by atomic mass is 16.7. The number of benzene rings is 1. The Morgan fingerprint density at radius 3 is 1.46 bits per heavy atom. The van der Waals surface area contributed by atoms with E-state index in [0.717, 1.165) is 25.7 Å². The fraction of sp³-hybridized carbons (Fsp3) is 0.625. The largest absolute Gasteiger partial charge is 0.492 e. The van der Waals surface area contributed by atoms with Gasteiger partial charge in [-0.15, -0.1) is 0 Å². The van der Waals surface area contributed by atoms with Gasteiger partial charge in [0.15, 0.2) is 12.6 Å². The molecule has 2 fully saturated rings. The van der Waals surface area contributed by atoms with Gasteiger partial charge in [0.25, 0.3) is 0 Å². The van der Waals surface area contributed by atoms with E-state index in [1.54, 1.807) is 0 Å². The molecule has 2 atom stereocenters. The van der Waals surface area contributed by atoms with Gasteiger partial charge >= 0.3 is 14.2 Å². The van der Waals surface area contributed by atoms with Crippen molar-refractivity contribution in [3.63, 3.8) is 0 Å². The maximum absolute atomic E-state index is 9.72. The van der Waals surface area contributed by atoms with E-state index in [0.29, 0.717) is 26.1 Å². The molecule has 0 aromatic heterocycles. The smallest absolute Gasteiger partial charge is 0.465 e. The van der Waals surface area contributed by atoms with E-state index in [2.05, 4.69) is 0 Å². The van der Waals surface area contributed by atoms with Crippen LogP contribution in [0.2, 0.25) is 0 Å². The maximum Gasteiger partial charge on any atom is 0.492 e. The van der Waals surface area contributed by atoms with E-state index < -0.39 is 26.8 Å². The Kier molecular flexibility index (Phi) is 6.80. The third-order valence-corrected chi connectivity index (χ3v) is 4.49. The molecule has 0 amide bonds. The molecular formula is C16H24B2O8. The number of rotatable bonds is 6. The number of hydrogen-bond acceptors (Lipinski definition) is 8. The molecule has 4 N–H and O–H groups in total. The first-order valence-corrected chi connectivity index (χ1v) is 9.01. The average molecular weight is 366 g/mol. The molecule has 0 saturated carbocycles. The van der Waals surface area contributed by atoms with Crippen molar-refractivity contribution < 1.29 is 39.0 Å². The first kappa shape index (κ1) is 19.5. The highest BCUT2D eigenvalue weighted by Gasteiger charge is 2.29. The molecule has 3 rings (SSSR count). The van der Waals surface area contributed by atoms with Crippen LogP contribution < -0.4 is 20.4 Å². The van der Waals surface area contributed by atoms with Gasteiger partial charge in [-0.05, 0) is 37.8 Å². The zero-order chi connectivity index (χ0) is 18.5. The zero-order valence-corrected chi connectivity index (χ0v) is 14.5. The van der Waals surface area contributed by atoms with Gasteiger partial charge in [-0.3, -0.25) is 0 Å². The van der Waals surface area contributed by atoms with E-state index in [1.165, 1.54) is 12.1 Å². The molecule has 26 heavy (non-hydrogen) atoms. The van der Waals surface area contributed by atoms with Crippen molar-refractivity contribution in [2.75, 3.05) is 13.2 Å². The highest BCUT2D eigenvalue weighted by molar-refractivity contribution is 6.62. The molecule has 2 aliphatic rings. The Morgan fingerprint density at radius 1 is 0.731 bits per heavy atom. The average Bonchev–Trinajstić information content (AvgIpc) is 2.64. The van der Waals surface area contributed by atoms with Crippen molar-refractivity contribution in [1.29, 1.82) is 0 Å². The molecule has 0 radical (unpaired) electrons. The second-order valence-electron chi connectivity index (χ2n) is 6.50. The molecule has 0 bridgehead atoms. The summed E-state index contributed by atoms with van der Waals surface area (Å²) in [5, 5.41) is 38.9. The minimum absolute atomic E-state index is 0.0642. The van der Waals surface area contributed by atoms with Crippen molar-refractivity contribution in [3.05, 3.63) is 12.1 Å². The molecule has 1 aromatic carbocycles. The third kappa shape index (κ3) is 4.91. The normalized spacial score (nSPS) is 23.4. The topological polar surface area (TPSA) is 118 Å². The van der Waals surface area contributed by atoms with E-state index in [-0.39, 0.29) is 22.4 Å². The lowest BCUT2D eigenvalue weighted by molar-refractivity contribution is -0.107. The summed E-state index contributed by atoms with van der Waals surface area (Å²) in [4.78, 5) is 0. The summed E-state index contributed by atoms with van der Waals surface area (Å²) >= 11 is 0. The van der Waals surface area contributed by atoms with E-state index >= 15 is 0 Å². The molecule has 142 valence electrons. The lowest BCUT2D eigenvalue weighted by Crippen LogP contribution is -2.40. The molecule has 2 unspecified atom stereocenters. The van der Waals surface area contributed by atoms with Crippen LogP contribution in [0.15, 0.2) is 12.1 Å². The maximum atomic E-state index is 9.72. The van der Waals surface area contributed by atoms with Gasteiger partial charge in [-0.25, -0.2) is 0 Å². The van der Waals surface area contributed by atoms with Crippen LogP contribution in [-0.2, 0) is 9.47 Å². The second kappa shape index (κ2) is 9.07. The minimum atomic E-state index is -1.81. The number of hydrogen-bond donors (Lipinski definition) is 4. The lowest BCUT2D eigenvalue weighted by Gasteiger charge is -2.27. The Balaban J connectivity index is 1.87. The first-order valence-electron chi connectivity index (χ1n) is 9.01. The van der Waals surface area contributed by atoms with Gasteiger partial charge in [0.05, 0.1) is 13.2 Å². The fourth-order valence-electron chi connectivity index (χ4n) is 3.09. The van der Waals surface area contributed by atoms with Gasteiger partial charge < -0.3 is 39.0 Å². The summed E-state index contributed by atoms with van der Waals surface area (Å²) < 4.78 is 22.5. The Labute approximate surface area is 152 Å². The SMILES string of the molecule is OB(O)c1cc(OC2CCCCO2)c(B(O)O)cc1OC1CCCCO1. The van der Waals surface area contributed by atoms with Crippen LogP contribution >= 0.6 is 0 Å². The van der Waals surface area contributed by atoms with Gasteiger partial charge in [-0.2, -0.15) is 0 Å². The highest BCUT2D eigenvalue weighted by Crippen LogP contribution is 2.23. The molecule has 0 aliphatic carbocycles. The summed E-state index contributed by atoms with van der Waals surface area (Å²) in [6, 6.07) is 2.69. The van der Waals surface area contributed by atoms with Crippen LogP contribution in [0.5, 0.6) is 11.5 Å². The Bertz CT molecular complexity index is 534. The van der Waals surface area contributed by atoms with Gasteiger partial charge in [0, 0.05) is 23.8 Å². The summed E-state index contributed by atoms with van der Waals surface area (Å²) in [6.07, 6.45) is 4.10. The van der Waals surface area contributed by atoms with Crippen molar-refractivity contribution in [1.82, 2.24) is 0 Å². The molecule has 0 spiro atoms. The summed E-state index contributed by atoms with van der Waals surface area (Å²) in [6.45, 7) is 1.13. The zero-order valence-electron chi connectivity index (χ0n) is 14.5. The van der Waals surface area contributed by atoms with Crippen molar-refractivity contribution in [3.8, 4) is 11.5 Å². The molecular weight excluding hydrogens is 342 g/mol. The van der Waals surface area contributed by atoms with Crippen LogP contribution in [0.25, 0.3) is 0 Å². The number of ether oxygens (including phenoxy) is 4. The summed E-state index contributed by atoms with van der Waals surface area (Å²) in [5.74, 6) is 0.235. The molecule has 2 saturated heterocycles. The molecule has 2 heterocycles. The minimum Gasteiger partial charge on any atom is -0.465 e. The monoisotopic (exact) mass is 366 g/mol. The van der Waals surface area contributed by atoms with Crippen molar-refractivity contribution >= 4 is 25.2 Å². The van der Waals surface area contributed by atoms with Crippen LogP contribution in [0, 0.1) is 0 Å². The predicted octanol–water partition coefficient (Wildman–Crippen LogP) is -1.14. The van der Waals surface area contributed by atoms with Gasteiger partial charge in [-0.1, -0.05) is 0 Å². The quantitative estimate of drug-likeness (QED) is 0.467. The Morgan fingerprint density at radius 2 is 1.15 bits per heavy atom. The van der Waals surface area contributed by atoms with E-state index in [1.807, 2.05) is 0 Å². The van der Waals surface area contributed by atoms with E-state index in [4.69, 9.17) is 18.9 Å². The van der Waals surface area contributed by atoms with Crippen LogP contribution in [0.3, 0.4) is 0 Å². The van der Waals surface area contributed by atoms with Crippen LogP contribution in [0.4, 0.5) is 0 Å².